The first-order chi connectivity index (χ1) is 12.1. The molecule has 1 aromatic carbocycles. The third-order valence-electron chi connectivity index (χ3n) is 3.98. The number of ether oxygens (including phenoxy) is 1. The standard InChI is InChI=1S/C18H19ClN4O2/c1-13-17(18(24)25-11-10-22-9-5-8-20-22)14(2)23(21-13)12-15-6-3-4-7-16(15)19/h3-9H,10-12H2,1-2H3. The van der Waals surface area contributed by atoms with Gasteiger partial charge in [0.25, 0.3) is 0 Å². The smallest absolute Gasteiger partial charge is 0.341 e. The molecule has 0 atom stereocenters. The summed E-state index contributed by atoms with van der Waals surface area (Å²) in [7, 11) is 0. The molecule has 0 saturated carbocycles. The van der Waals surface area contributed by atoms with Crippen LogP contribution in [0.5, 0.6) is 0 Å². The third-order valence-corrected chi connectivity index (χ3v) is 4.35. The van der Waals surface area contributed by atoms with E-state index in [4.69, 9.17) is 16.3 Å². The summed E-state index contributed by atoms with van der Waals surface area (Å²) >= 11 is 6.21. The van der Waals surface area contributed by atoms with Gasteiger partial charge in [-0.15, -0.1) is 0 Å². The van der Waals surface area contributed by atoms with Gasteiger partial charge in [-0.25, -0.2) is 4.79 Å². The third kappa shape index (κ3) is 3.91. The molecular formula is C18H19ClN4O2. The Hall–Kier alpha value is -2.60. The topological polar surface area (TPSA) is 61.9 Å². The van der Waals surface area contributed by atoms with Gasteiger partial charge in [-0.3, -0.25) is 9.36 Å². The Morgan fingerprint density at radius 1 is 1.24 bits per heavy atom. The number of halogens is 1. The number of esters is 1. The molecule has 3 rings (SSSR count). The molecule has 0 unspecified atom stereocenters. The maximum absolute atomic E-state index is 12.4. The molecule has 0 bridgehead atoms. The highest BCUT2D eigenvalue weighted by atomic mass is 35.5. The molecule has 2 aromatic heterocycles. The number of carbonyl (C=O) groups is 1. The Balaban J connectivity index is 1.70. The number of aromatic nitrogens is 4. The molecular weight excluding hydrogens is 340 g/mol. The minimum absolute atomic E-state index is 0.259. The van der Waals surface area contributed by atoms with Crippen LogP contribution in [-0.2, 0) is 17.8 Å². The van der Waals surface area contributed by atoms with Crippen molar-refractivity contribution < 1.29 is 9.53 Å². The summed E-state index contributed by atoms with van der Waals surface area (Å²) in [5.74, 6) is -0.368. The molecule has 0 aliphatic rings. The second kappa shape index (κ2) is 7.53. The predicted octanol–water partition coefficient (Wildman–Crippen LogP) is 3.26. The van der Waals surface area contributed by atoms with Gasteiger partial charge in [-0.1, -0.05) is 29.8 Å². The van der Waals surface area contributed by atoms with E-state index in [2.05, 4.69) is 10.2 Å². The van der Waals surface area contributed by atoms with Crippen molar-refractivity contribution in [3.63, 3.8) is 0 Å². The zero-order valence-corrected chi connectivity index (χ0v) is 14.9. The first kappa shape index (κ1) is 17.2. The highest BCUT2D eigenvalue weighted by Crippen LogP contribution is 2.20. The van der Waals surface area contributed by atoms with Crippen molar-refractivity contribution in [2.45, 2.75) is 26.9 Å². The van der Waals surface area contributed by atoms with E-state index in [1.54, 1.807) is 22.5 Å². The van der Waals surface area contributed by atoms with Gasteiger partial charge in [0.1, 0.15) is 12.2 Å². The van der Waals surface area contributed by atoms with Crippen molar-refractivity contribution in [2.24, 2.45) is 0 Å². The van der Waals surface area contributed by atoms with Gasteiger partial charge in [0.2, 0.25) is 0 Å². The molecule has 3 aromatic rings. The summed E-state index contributed by atoms with van der Waals surface area (Å²) in [5.41, 5.74) is 2.87. The number of benzene rings is 1. The van der Waals surface area contributed by atoms with E-state index in [1.165, 1.54) is 0 Å². The van der Waals surface area contributed by atoms with Crippen LogP contribution in [0.2, 0.25) is 5.02 Å². The highest BCUT2D eigenvalue weighted by Gasteiger charge is 2.20. The first-order valence-corrected chi connectivity index (χ1v) is 8.36. The quantitative estimate of drug-likeness (QED) is 0.634. The van der Waals surface area contributed by atoms with E-state index in [0.717, 1.165) is 11.3 Å². The second-order valence-corrected chi connectivity index (χ2v) is 6.11. The minimum Gasteiger partial charge on any atom is -0.460 e. The number of aryl methyl sites for hydroxylation is 1. The molecule has 0 saturated heterocycles. The summed E-state index contributed by atoms with van der Waals surface area (Å²) in [6.45, 7) is 4.95. The van der Waals surface area contributed by atoms with Crippen LogP contribution >= 0.6 is 11.6 Å². The fraction of sp³-hybridized carbons (Fsp3) is 0.278. The van der Waals surface area contributed by atoms with Gasteiger partial charge < -0.3 is 4.74 Å². The van der Waals surface area contributed by atoms with E-state index in [1.807, 2.05) is 43.5 Å². The Morgan fingerprint density at radius 3 is 2.76 bits per heavy atom. The predicted molar refractivity (Wildman–Crippen MR) is 94.8 cm³/mol. The molecule has 0 aliphatic heterocycles. The summed E-state index contributed by atoms with van der Waals surface area (Å²) in [4.78, 5) is 12.4. The van der Waals surface area contributed by atoms with Gasteiger partial charge in [0.05, 0.1) is 24.5 Å². The Bertz CT molecular complexity index is 871. The highest BCUT2D eigenvalue weighted by molar-refractivity contribution is 6.31. The number of nitrogens with zero attached hydrogens (tertiary/aromatic N) is 4. The molecule has 2 heterocycles. The lowest BCUT2D eigenvalue weighted by Gasteiger charge is -2.08. The molecule has 0 N–H and O–H groups in total. The minimum atomic E-state index is -0.368. The molecule has 7 heteroatoms. The lowest BCUT2D eigenvalue weighted by molar-refractivity contribution is 0.0486. The van der Waals surface area contributed by atoms with Crippen LogP contribution in [0.25, 0.3) is 0 Å². The number of carbonyl (C=O) groups excluding carboxylic acids is 1. The van der Waals surface area contributed by atoms with Crippen LogP contribution < -0.4 is 0 Å². The van der Waals surface area contributed by atoms with Gasteiger partial charge in [-0.05, 0) is 31.5 Å². The Kier molecular flexibility index (Phi) is 5.19. The van der Waals surface area contributed by atoms with Gasteiger partial charge in [-0.2, -0.15) is 10.2 Å². The zero-order valence-electron chi connectivity index (χ0n) is 14.1. The number of hydrogen-bond donors (Lipinski definition) is 0. The van der Waals surface area contributed by atoms with Crippen molar-refractivity contribution >= 4 is 17.6 Å². The fourth-order valence-corrected chi connectivity index (χ4v) is 2.87. The van der Waals surface area contributed by atoms with E-state index >= 15 is 0 Å². The fourth-order valence-electron chi connectivity index (χ4n) is 2.67. The monoisotopic (exact) mass is 358 g/mol. The molecule has 0 spiro atoms. The van der Waals surface area contributed by atoms with Crippen molar-refractivity contribution in [1.29, 1.82) is 0 Å². The van der Waals surface area contributed by atoms with E-state index < -0.39 is 0 Å². The first-order valence-electron chi connectivity index (χ1n) is 7.98. The van der Waals surface area contributed by atoms with E-state index in [9.17, 15) is 4.79 Å². The number of hydrogen-bond acceptors (Lipinski definition) is 4. The molecule has 130 valence electrons. The summed E-state index contributed by atoms with van der Waals surface area (Å²) in [6.07, 6.45) is 3.51. The van der Waals surface area contributed by atoms with Crippen molar-refractivity contribution in [2.75, 3.05) is 6.61 Å². The maximum Gasteiger partial charge on any atom is 0.341 e. The summed E-state index contributed by atoms with van der Waals surface area (Å²) in [5, 5.41) is 9.22. The van der Waals surface area contributed by atoms with Crippen LogP contribution in [0.3, 0.4) is 0 Å². The molecule has 0 amide bonds. The molecule has 6 nitrogen and oxygen atoms in total. The average Bonchev–Trinajstić information content (AvgIpc) is 3.18. The number of rotatable bonds is 6. The SMILES string of the molecule is Cc1nn(Cc2ccccc2Cl)c(C)c1C(=O)OCCn1cccn1. The largest absolute Gasteiger partial charge is 0.460 e. The van der Waals surface area contributed by atoms with Crippen LogP contribution in [0, 0.1) is 13.8 Å². The maximum atomic E-state index is 12.4. The summed E-state index contributed by atoms with van der Waals surface area (Å²) < 4.78 is 8.87. The Morgan fingerprint density at radius 2 is 2.04 bits per heavy atom. The lowest BCUT2D eigenvalue weighted by atomic mass is 10.2. The van der Waals surface area contributed by atoms with Gasteiger partial charge >= 0.3 is 5.97 Å². The van der Waals surface area contributed by atoms with E-state index in [-0.39, 0.29) is 12.6 Å². The van der Waals surface area contributed by atoms with Crippen LogP contribution in [-0.4, -0.2) is 32.1 Å². The zero-order chi connectivity index (χ0) is 17.8. The van der Waals surface area contributed by atoms with Crippen molar-refractivity contribution in [3.05, 3.63) is 70.3 Å². The van der Waals surface area contributed by atoms with Gasteiger partial charge in [0, 0.05) is 17.4 Å². The van der Waals surface area contributed by atoms with Crippen LogP contribution in [0.15, 0.2) is 42.7 Å². The summed E-state index contributed by atoms with van der Waals surface area (Å²) in [6, 6.07) is 9.43. The second-order valence-electron chi connectivity index (χ2n) is 5.70. The molecule has 25 heavy (non-hydrogen) atoms. The average molecular weight is 359 g/mol. The normalized spacial score (nSPS) is 10.8. The van der Waals surface area contributed by atoms with Crippen molar-refractivity contribution in [3.8, 4) is 0 Å². The Labute approximate surface area is 151 Å². The molecule has 0 fully saturated rings. The van der Waals surface area contributed by atoms with Crippen LogP contribution in [0.1, 0.15) is 27.3 Å². The van der Waals surface area contributed by atoms with E-state index in [0.29, 0.717) is 29.4 Å². The lowest BCUT2D eigenvalue weighted by Crippen LogP contribution is -2.13. The van der Waals surface area contributed by atoms with Crippen molar-refractivity contribution in [1.82, 2.24) is 19.6 Å². The van der Waals surface area contributed by atoms with Crippen LogP contribution in [0.4, 0.5) is 0 Å². The molecule has 0 aliphatic carbocycles. The molecule has 0 radical (unpaired) electrons. The van der Waals surface area contributed by atoms with Gasteiger partial charge in [0.15, 0.2) is 0 Å².